The van der Waals surface area contributed by atoms with E-state index in [1.54, 1.807) is 6.07 Å². The van der Waals surface area contributed by atoms with Crippen molar-refractivity contribution in [3.63, 3.8) is 0 Å². The van der Waals surface area contributed by atoms with Crippen molar-refractivity contribution in [2.45, 2.75) is 69.6 Å². The fraction of sp³-hybridized carbons (Fsp3) is 0.438. The van der Waals surface area contributed by atoms with Gasteiger partial charge in [0.05, 0.1) is 7.11 Å². The van der Waals surface area contributed by atoms with Gasteiger partial charge in [-0.2, -0.15) is 0 Å². The first kappa shape index (κ1) is 27.5. The number of benzene rings is 3. The Morgan fingerprint density at radius 2 is 1.64 bits per heavy atom. The molecule has 1 N–H and O–H groups in total. The van der Waals surface area contributed by atoms with Crippen molar-refractivity contribution in [2.75, 3.05) is 13.7 Å². The Morgan fingerprint density at radius 1 is 0.974 bits per heavy atom. The first-order valence-electron chi connectivity index (χ1n) is 13.9. The van der Waals surface area contributed by atoms with Gasteiger partial charge in [-0.05, 0) is 61.1 Å². The average molecular weight is 539 g/mol. The smallest absolute Gasteiger partial charge is 0.496 e. The Labute approximate surface area is 229 Å². The summed E-state index contributed by atoms with van der Waals surface area (Å²) in [5.41, 5.74) is 3.21. The normalized spacial score (nSPS) is 24.6. The van der Waals surface area contributed by atoms with Crippen molar-refractivity contribution in [3.8, 4) is 11.5 Å². The van der Waals surface area contributed by atoms with E-state index in [0.29, 0.717) is 29.8 Å². The van der Waals surface area contributed by atoms with Crippen LogP contribution in [0.5, 0.6) is 11.5 Å². The molecule has 3 heterocycles. The van der Waals surface area contributed by atoms with E-state index in [-0.39, 0.29) is 23.8 Å². The zero-order valence-electron chi connectivity index (χ0n) is 22.5. The van der Waals surface area contributed by atoms with Gasteiger partial charge in [0.15, 0.2) is 0 Å². The largest absolute Gasteiger partial charge is 0.573 e. The number of hydrogen-bond donors (Lipinski definition) is 1. The second-order valence-electron chi connectivity index (χ2n) is 10.7. The van der Waals surface area contributed by atoms with Crippen LogP contribution in [0.25, 0.3) is 0 Å². The number of alkyl halides is 3. The average Bonchev–Trinajstić information content (AvgIpc) is 2.93. The molecule has 4 nitrogen and oxygen atoms in total. The van der Waals surface area contributed by atoms with Crippen LogP contribution in [0, 0.1) is 5.92 Å². The lowest BCUT2D eigenvalue weighted by molar-refractivity contribution is -0.274. The summed E-state index contributed by atoms with van der Waals surface area (Å²) in [4.78, 5) is 2.71. The molecule has 5 atom stereocenters. The van der Waals surface area contributed by atoms with Crippen LogP contribution in [0.2, 0.25) is 0 Å². The summed E-state index contributed by atoms with van der Waals surface area (Å²) < 4.78 is 48.5. The van der Waals surface area contributed by atoms with Gasteiger partial charge in [0.2, 0.25) is 0 Å². The molecule has 3 aliphatic rings. The van der Waals surface area contributed by atoms with Crippen LogP contribution in [-0.2, 0) is 6.54 Å². The highest BCUT2D eigenvalue weighted by Crippen LogP contribution is 2.45. The molecular formula is C32H37F3N2O2. The third kappa shape index (κ3) is 6.25. The minimum Gasteiger partial charge on any atom is -0.496 e. The maximum Gasteiger partial charge on any atom is 0.573 e. The molecule has 39 heavy (non-hydrogen) atoms. The van der Waals surface area contributed by atoms with Crippen LogP contribution < -0.4 is 14.8 Å². The number of nitrogens with zero attached hydrogens (tertiary/aromatic N) is 1. The molecule has 0 aromatic heterocycles. The third-order valence-corrected chi connectivity index (χ3v) is 8.36. The van der Waals surface area contributed by atoms with Gasteiger partial charge in [-0.25, -0.2) is 0 Å². The van der Waals surface area contributed by atoms with E-state index < -0.39 is 6.36 Å². The standard InChI is InChI=1S/C32H37F3N2O2/c1-3-10-26-19-24-17-18-37(26)31(29(22-11-6-4-7-12-22)23-13-8-5-9-14-23)30(24)36-21-25-20-27(39-32(33,34)35)15-16-28(25)38-2/h4-9,11-16,20,24,26,29-31,36H,3,10,17-19,21H2,1-2H3. The molecule has 0 spiro atoms. The van der Waals surface area contributed by atoms with Gasteiger partial charge in [-0.3, -0.25) is 4.90 Å². The second kappa shape index (κ2) is 12.0. The number of ether oxygens (including phenoxy) is 2. The van der Waals surface area contributed by atoms with Crippen LogP contribution in [0.4, 0.5) is 13.2 Å². The van der Waals surface area contributed by atoms with Crippen molar-refractivity contribution in [1.29, 1.82) is 0 Å². The minimum atomic E-state index is -4.74. The number of methoxy groups -OCH3 is 1. The quantitative estimate of drug-likeness (QED) is 0.297. The molecule has 3 aromatic rings. The van der Waals surface area contributed by atoms with Gasteiger partial charge in [0.1, 0.15) is 11.5 Å². The Morgan fingerprint density at radius 3 is 2.23 bits per heavy atom. The zero-order valence-corrected chi connectivity index (χ0v) is 22.5. The molecule has 6 rings (SSSR count). The summed E-state index contributed by atoms with van der Waals surface area (Å²) in [6, 6.07) is 26.5. The van der Waals surface area contributed by atoms with Crippen molar-refractivity contribution in [1.82, 2.24) is 10.2 Å². The lowest BCUT2D eigenvalue weighted by Crippen LogP contribution is -2.67. The Kier molecular flexibility index (Phi) is 8.48. The summed E-state index contributed by atoms with van der Waals surface area (Å²) in [5.74, 6) is 0.947. The third-order valence-electron chi connectivity index (χ3n) is 8.36. The monoisotopic (exact) mass is 538 g/mol. The lowest BCUT2D eigenvalue weighted by Gasteiger charge is -2.58. The van der Waals surface area contributed by atoms with Gasteiger partial charge in [-0.1, -0.05) is 74.0 Å². The highest BCUT2D eigenvalue weighted by atomic mass is 19.4. The molecule has 7 heteroatoms. The van der Waals surface area contributed by atoms with Crippen molar-refractivity contribution >= 4 is 0 Å². The van der Waals surface area contributed by atoms with Crippen LogP contribution in [0.1, 0.15) is 55.2 Å². The molecule has 2 bridgehead atoms. The van der Waals surface area contributed by atoms with Crippen LogP contribution >= 0.6 is 0 Å². The van der Waals surface area contributed by atoms with E-state index in [0.717, 1.165) is 25.8 Å². The minimum absolute atomic E-state index is 0.161. The SMILES string of the molecule is CCCC1CC2CCN1C(C(c1ccccc1)c1ccccc1)C2NCc1cc(OC(F)(F)F)ccc1OC. The number of fused-ring (bicyclic) bond motifs is 3. The molecular weight excluding hydrogens is 501 g/mol. The number of halogens is 3. The highest BCUT2D eigenvalue weighted by molar-refractivity contribution is 5.41. The highest BCUT2D eigenvalue weighted by Gasteiger charge is 2.49. The summed E-state index contributed by atoms with van der Waals surface area (Å²) in [5, 5.41) is 3.81. The van der Waals surface area contributed by atoms with E-state index in [9.17, 15) is 13.2 Å². The van der Waals surface area contributed by atoms with Crippen molar-refractivity contribution in [3.05, 3.63) is 95.6 Å². The number of hydrogen-bond acceptors (Lipinski definition) is 4. The molecule has 0 radical (unpaired) electrons. The zero-order chi connectivity index (χ0) is 27.4. The van der Waals surface area contributed by atoms with E-state index in [4.69, 9.17) is 4.74 Å². The second-order valence-corrected chi connectivity index (χ2v) is 10.7. The summed E-state index contributed by atoms with van der Waals surface area (Å²) >= 11 is 0. The first-order chi connectivity index (χ1) is 18.9. The molecule has 5 unspecified atom stereocenters. The van der Waals surface area contributed by atoms with Crippen LogP contribution in [-0.4, -0.2) is 43.0 Å². The fourth-order valence-electron chi connectivity index (χ4n) is 6.83. The Hall–Kier alpha value is -3.03. The van der Waals surface area contributed by atoms with Gasteiger partial charge < -0.3 is 14.8 Å². The van der Waals surface area contributed by atoms with Gasteiger partial charge in [0, 0.05) is 36.2 Å². The van der Waals surface area contributed by atoms with Gasteiger partial charge in [-0.15, -0.1) is 13.2 Å². The van der Waals surface area contributed by atoms with Gasteiger partial charge >= 0.3 is 6.36 Å². The molecule has 0 saturated carbocycles. The van der Waals surface area contributed by atoms with E-state index in [1.807, 2.05) is 0 Å². The molecule has 208 valence electrons. The maximum absolute atomic E-state index is 12.9. The summed E-state index contributed by atoms with van der Waals surface area (Å²) in [7, 11) is 1.54. The molecule has 3 aromatic carbocycles. The molecule has 3 aliphatic heterocycles. The predicted molar refractivity (Wildman–Crippen MR) is 147 cm³/mol. The summed E-state index contributed by atoms with van der Waals surface area (Å²) in [6.07, 6.45) is -0.192. The van der Waals surface area contributed by atoms with Gasteiger partial charge in [0.25, 0.3) is 0 Å². The van der Waals surface area contributed by atoms with Crippen molar-refractivity contribution < 1.29 is 22.6 Å². The topological polar surface area (TPSA) is 33.7 Å². The Bertz CT molecular complexity index is 1170. The molecule has 3 fully saturated rings. The van der Waals surface area contributed by atoms with E-state index in [2.05, 4.69) is 82.5 Å². The van der Waals surface area contributed by atoms with E-state index in [1.165, 1.54) is 36.8 Å². The van der Waals surface area contributed by atoms with Crippen molar-refractivity contribution in [2.24, 2.45) is 5.92 Å². The number of nitrogens with one attached hydrogen (secondary N) is 1. The van der Waals surface area contributed by atoms with E-state index >= 15 is 0 Å². The maximum atomic E-state index is 12.9. The number of piperidine rings is 3. The van der Waals surface area contributed by atoms with Crippen LogP contribution in [0.3, 0.4) is 0 Å². The molecule has 3 saturated heterocycles. The Balaban J connectivity index is 1.50. The summed E-state index contributed by atoms with van der Waals surface area (Å²) in [6.45, 7) is 3.70. The van der Waals surface area contributed by atoms with Crippen LogP contribution in [0.15, 0.2) is 78.9 Å². The fourth-order valence-corrected chi connectivity index (χ4v) is 6.83. The molecule has 0 amide bonds. The first-order valence-corrected chi connectivity index (χ1v) is 13.9. The number of rotatable bonds is 10. The predicted octanol–water partition coefficient (Wildman–Crippen LogP) is 7.15. The lowest BCUT2D eigenvalue weighted by atomic mass is 9.68. The molecule has 0 aliphatic carbocycles.